The van der Waals surface area contributed by atoms with E-state index in [0.29, 0.717) is 6.54 Å². The molecule has 0 radical (unpaired) electrons. The number of carbonyl (C=O) groups excluding carboxylic acids is 1. The molecule has 0 aliphatic carbocycles. The number of rotatable bonds is 5. The van der Waals surface area contributed by atoms with Gasteiger partial charge in [0.25, 0.3) is 5.91 Å². The van der Waals surface area contributed by atoms with E-state index in [0.717, 1.165) is 11.3 Å². The van der Waals surface area contributed by atoms with Gasteiger partial charge in [-0.15, -0.1) is 0 Å². The number of pyridine rings is 1. The fourth-order valence-electron chi connectivity index (χ4n) is 1.62. The van der Waals surface area contributed by atoms with Crippen molar-refractivity contribution in [1.29, 1.82) is 5.26 Å². The molecule has 0 aliphatic rings. The molecule has 2 aromatic rings. The predicted molar refractivity (Wildman–Crippen MR) is 79.8 cm³/mol. The van der Waals surface area contributed by atoms with Crippen LogP contribution in [-0.2, 0) is 11.3 Å². The van der Waals surface area contributed by atoms with E-state index in [2.05, 4.69) is 15.6 Å². The largest absolute Gasteiger partial charge is 0.360 e. The molecule has 5 nitrogen and oxygen atoms in total. The fourth-order valence-corrected chi connectivity index (χ4v) is 1.62. The molecular weight excluding hydrogens is 264 g/mol. The van der Waals surface area contributed by atoms with Gasteiger partial charge in [0.2, 0.25) is 0 Å². The number of nitriles is 1. The highest BCUT2D eigenvalue weighted by molar-refractivity contribution is 5.97. The molecule has 0 fully saturated rings. The molecule has 1 aromatic heterocycles. The molecule has 1 heterocycles. The maximum absolute atomic E-state index is 11.9. The van der Waals surface area contributed by atoms with Crippen LogP contribution < -0.4 is 10.6 Å². The van der Waals surface area contributed by atoms with E-state index in [9.17, 15) is 4.79 Å². The van der Waals surface area contributed by atoms with Crippen LogP contribution in [0.5, 0.6) is 0 Å². The summed E-state index contributed by atoms with van der Waals surface area (Å²) in [5.74, 6) is -0.426. The Balaban J connectivity index is 1.94. The van der Waals surface area contributed by atoms with Crippen LogP contribution in [0, 0.1) is 11.3 Å². The summed E-state index contributed by atoms with van der Waals surface area (Å²) in [6.45, 7) is 0.330. The van der Waals surface area contributed by atoms with Crippen molar-refractivity contribution in [3.05, 3.63) is 72.2 Å². The number of nitrogens with zero attached hydrogens (tertiary/aromatic N) is 2. The standard InChI is InChI=1S/C16H14N4O/c17-9-14(12-19-15-6-2-1-3-7-15)16(21)20-11-13-5-4-8-18-10-13/h1-8,10,12,19H,11H2,(H,20,21)/b14-12-. The number of hydrogen-bond acceptors (Lipinski definition) is 4. The van der Waals surface area contributed by atoms with E-state index in [4.69, 9.17) is 5.26 Å². The molecule has 1 aromatic carbocycles. The lowest BCUT2D eigenvalue weighted by Crippen LogP contribution is -2.24. The Kier molecular flexibility index (Phi) is 5.07. The fraction of sp³-hybridized carbons (Fsp3) is 0.0625. The number of hydrogen-bond donors (Lipinski definition) is 2. The van der Waals surface area contributed by atoms with E-state index in [-0.39, 0.29) is 5.57 Å². The number of amides is 1. The van der Waals surface area contributed by atoms with Crippen LogP contribution in [0.4, 0.5) is 5.69 Å². The first-order valence-corrected chi connectivity index (χ1v) is 6.38. The van der Waals surface area contributed by atoms with Crippen LogP contribution >= 0.6 is 0 Å². The van der Waals surface area contributed by atoms with Crippen molar-refractivity contribution in [2.75, 3.05) is 5.32 Å². The molecule has 0 aliphatic heterocycles. The number of para-hydroxylation sites is 1. The summed E-state index contributed by atoms with van der Waals surface area (Å²) in [5.41, 5.74) is 1.70. The Morgan fingerprint density at radius 1 is 1.24 bits per heavy atom. The number of benzene rings is 1. The van der Waals surface area contributed by atoms with Gasteiger partial charge in [0.1, 0.15) is 11.6 Å². The van der Waals surface area contributed by atoms with Crippen LogP contribution in [0.25, 0.3) is 0 Å². The minimum Gasteiger partial charge on any atom is -0.360 e. The lowest BCUT2D eigenvalue weighted by atomic mass is 10.2. The Hall–Kier alpha value is -3.13. The first kappa shape index (κ1) is 14.3. The molecule has 5 heteroatoms. The van der Waals surface area contributed by atoms with Crippen molar-refractivity contribution in [3.63, 3.8) is 0 Å². The van der Waals surface area contributed by atoms with Gasteiger partial charge in [-0.3, -0.25) is 9.78 Å². The van der Waals surface area contributed by atoms with Gasteiger partial charge in [-0.1, -0.05) is 24.3 Å². The van der Waals surface area contributed by atoms with Crippen molar-refractivity contribution in [2.24, 2.45) is 0 Å². The second kappa shape index (κ2) is 7.46. The quantitative estimate of drug-likeness (QED) is 0.649. The Morgan fingerprint density at radius 3 is 2.71 bits per heavy atom. The lowest BCUT2D eigenvalue weighted by Gasteiger charge is -2.05. The van der Waals surface area contributed by atoms with Gasteiger partial charge in [0, 0.05) is 30.8 Å². The number of aromatic nitrogens is 1. The van der Waals surface area contributed by atoms with Gasteiger partial charge in [0.05, 0.1) is 0 Å². The summed E-state index contributed by atoms with van der Waals surface area (Å²) in [7, 11) is 0. The molecule has 0 unspecified atom stereocenters. The highest BCUT2D eigenvalue weighted by Crippen LogP contribution is 2.06. The molecule has 104 valence electrons. The summed E-state index contributed by atoms with van der Waals surface area (Å²) in [6, 6.07) is 14.8. The Bertz CT molecular complexity index is 660. The zero-order valence-electron chi connectivity index (χ0n) is 11.3. The first-order valence-electron chi connectivity index (χ1n) is 6.38. The lowest BCUT2D eigenvalue weighted by molar-refractivity contribution is -0.117. The zero-order chi connectivity index (χ0) is 14.9. The summed E-state index contributed by atoms with van der Waals surface area (Å²) >= 11 is 0. The van der Waals surface area contributed by atoms with Crippen molar-refractivity contribution >= 4 is 11.6 Å². The van der Waals surface area contributed by atoms with Crippen molar-refractivity contribution in [3.8, 4) is 6.07 Å². The Morgan fingerprint density at radius 2 is 2.05 bits per heavy atom. The third-order valence-electron chi connectivity index (χ3n) is 2.70. The van der Waals surface area contributed by atoms with E-state index in [1.165, 1.54) is 6.20 Å². The SMILES string of the molecule is N#C/C(=C/Nc1ccccc1)C(=O)NCc1cccnc1. The second-order valence-electron chi connectivity index (χ2n) is 4.22. The second-order valence-corrected chi connectivity index (χ2v) is 4.22. The monoisotopic (exact) mass is 278 g/mol. The van der Waals surface area contributed by atoms with Gasteiger partial charge in [-0.2, -0.15) is 5.26 Å². The summed E-state index contributed by atoms with van der Waals surface area (Å²) in [4.78, 5) is 15.9. The molecule has 0 bridgehead atoms. The molecule has 2 rings (SSSR count). The van der Waals surface area contributed by atoms with Gasteiger partial charge in [-0.25, -0.2) is 0 Å². The molecular formula is C16H14N4O. The summed E-state index contributed by atoms with van der Waals surface area (Å²) < 4.78 is 0. The van der Waals surface area contributed by atoms with Gasteiger partial charge in [-0.05, 0) is 23.8 Å². The van der Waals surface area contributed by atoms with Crippen molar-refractivity contribution in [1.82, 2.24) is 10.3 Å². The van der Waals surface area contributed by atoms with Gasteiger partial charge < -0.3 is 10.6 Å². The average Bonchev–Trinajstić information content (AvgIpc) is 2.55. The van der Waals surface area contributed by atoms with Gasteiger partial charge in [0.15, 0.2) is 0 Å². The Labute approximate surface area is 122 Å². The number of nitrogens with one attached hydrogen (secondary N) is 2. The van der Waals surface area contributed by atoms with Crippen LogP contribution in [0.15, 0.2) is 66.6 Å². The number of anilines is 1. The van der Waals surface area contributed by atoms with Crippen LogP contribution in [0.2, 0.25) is 0 Å². The molecule has 0 saturated heterocycles. The molecule has 0 saturated carbocycles. The number of carbonyl (C=O) groups is 1. The molecule has 0 spiro atoms. The van der Waals surface area contributed by atoms with E-state index < -0.39 is 5.91 Å². The van der Waals surface area contributed by atoms with E-state index >= 15 is 0 Å². The maximum atomic E-state index is 11.9. The van der Waals surface area contributed by atoms with Crippen molar-refractivity contribution < 1.29 is 4.79 Å². The molecule has 21 heavy (non-hydrogen) atoms. The zero-order valence-corrected chi connectivity index (χ0v) is 11.3. The molecule has 2 N–H and O–H groups in total. The minimum atomic E-state index is -0.426. The smallest absolute Gasteiger partial charge is 0.263 e. The summed E-state index contributed by atoms with van der Waals surface area (Å²) in [6.07, 6.45) is 4.72. The van der Waals surface area contributed by atoms with Crippen LogP contribution in [0.1, 0.15) is 5.56 Å². The third-order valence-corrected chi connectivity index (χ3v) is 2.70. The minimum absolute atomic E-state index is 0.0164. The highest BCUT2D eigenvalue weighted by Gasteiger charge is 2.08. The maximum Gasteiger partial charge on any atom is 0.263 e. The first-order chi connectivity index (χ1) is 10.3. The molecule has 0 atom stereocenters. The summed E-state index contributed by atoms with van der Waals surface area (Å²) in [5, 5.41) is 14.6. The van der Waals surface area contributed by atoms with Crippen molar-refractivity contribution in [2.45, 2.75) is 6.54 Å². The van der Waals surface area contributed by atoms with Crippen LogP contribution in [-0.4, -0.2) is 10.9 Å². The topological polar surface area (TPSA) is 77.8 Å². The van der Waals surface area contributed by atoms with Crippen LogP contribution in [0.3, 0.4) is 0 Å². The highest BCUT2D eigenvalue weighted by atomic mass is 16.1. The molecule has 1 amide bonds. The third kappa shape index (κ3) is 4.48. The van der Waals surface area contributed by atoms with E-state index in [1.54, 1.807) is 18.5 Å². The normalized spacial score (nSPS) is 10.5. The average molecular weight is 278 g/mol. The van der Waals surface area contributed by atoms with E-state index in [1.807, 2.05) is 42.5 Å². The van der Waals surface area contributed by atoms with Gasteiger partial charge >= 0.3 is 0 Å². The predicted octanol–water partition coefficient (Wildman–Crippen LogP) is 2.22.